The van der Waals surface area contributed by atoms with Gasteiger partial charge in [-0.3, -0.25) is 0 Å². The van der Waals surface area contributed by atoms with Crippen LogP contribution in [0, 0.1) is 0 Å². The number of rotatable bonds is 5. The van der Waals surface area contributed by atoms with Crippen molar-refractivity contribution in [2.45, 2.75) is 50.6 Å². The van der Waals surface area contributed by atoms with Crippen molar-refractivity contribution in [3.05, 3.63) is 21.3 Å². The normalized spacial score (nSPS) is 20.7. The molecule has 1 aliphatic carbocycles. The molecule has 1 unspecified atom stereocenters. The molecule has 1 aliphatic rings. The van der Waals surface area contributed by atoms with Gasteiger partial charge in [0.1, 0.15) is 0 Å². The predicted molar refractivity (Wildman–Crippen MR) is 85.2 cm³/mol. The Kier molecular flexibility index (Phi) is 5.29. The molecule has 0 aromatic carbocycles. The van der Waals surface area contributed by atoms with E-state index >= 15 is 0 Å². The van der Waals surface area contributed by atoms with Crippen molar-refractivity contribution in [1.82, 2.24) is 10.2 Å². The fourth-order valence-electron chi connectivity index (χ4n) is 3.00. The molecule has 19 heavy (non-hydrogen) atoms. The van der Waals surface area contributed by atoms with Crippen molar-refractivity contribution in [1.29, 1.82) is 0 Å². The van der Waals surface area contributed by atoms with Crippen LogP contribution in [0.3, 0.4) is 0 Å². The third-order valence-electron chi connectivity index (χ3n) is 4.49. The van der Waals surface area contributed by atoms with Gasteiger partial charge in [-0.15, -0.1) is 11.3 Å². The summed E-state index contributed by atoms with van der Waals surface area (Å²) in [5, 5.41) is 3.71. The van der Waals surface area contributed by atoms with Crippen LogP contribution in [0.4, 0.5) is 0 Å². The second-order valence-electron chi connectivity index (χ2n) is 5.92. The van der Waals surface area contributed by atoms with E-state index < -0.39 is 0 Å². The molecule has 2 nitrogen and oxygen atoms in total. The minimum absolute atomic E-state index is 0.341. The van der Waals surface area contributed by atoms with Gasteiger partial charge in [-0.2, -0.15) is 0 Å². The molecule has 108 valence electrons. The number of likely N-dealkylation sites (N-methyl/N-ethyl adjacent to an activating group) is 1. The zero-order chi connectivity index (χ0) is 13.9. The highest BCUT2D eigenvalue weighted by Gasteiger charge is 2.34. The SMILES string of the molecule is CC(NCC1(N(C)C)CCCCC1)c1ccc(Cl)s1. The van der Waals surface area contributed by atoms with Crippen molar-refractivity contribution in [2.24, 2.45) is 0 Å². The van der Waals surface area contributed by atoms with Crippen LogP contribution in [0.2, 0.25) is 4.34 Å². The van der Waals surface area contributed by atoms with Gasteiger partial charge in [-0.05, 0) is 46.0 Å². The Hall–Kier alpha value is -0.0900. The lowest BCUT2D eigenvalue weighted by molar-refractivity contribution is 0.0960. The summed E-state index contributed by atoms with van der Waals surface area (Å²) in [6, 6.07) is 4.51. The molecule has 0 spiro atoms. The molecule has 1 heterocycles. The molecule has 1 N–H and O–H groups in total. The largest absolute Gasteiger partial charge is 0.308 e. The summed E-state index contributed by atoms with van der Waals surface area (Å²) in [6.07, 6.45) is 6.74. The molecule has 0 saturated heterocycles. The Bertz CT molecular complexity index is 397. The summed E-state index contributed by atoms with van der Waals surface area (Å²) < 4.78 is 0.878. The molecule has 0 bridgehead atoms. The Balaban J connectivity index is 1.95. The third-order valence-corrected chi connectivity index (χ3v) is 5.90. The summed E-state index contributed by atoms with van der Waals surface area (Å²) in [6.45, 7) is 3.30. The molecule has 1 saturated carbocycles. The van der Waals surface area contributed by atoms with Crippen molar-refractivity contribution in [3.63, 3.8) is 0 Å². The summed E-state index contributed by atoms with van der Waals surface area (Å²) in [7, 11) is 4.44. The zero-order valence-corrected chi connectivity index (χ0v) is 13.8. The summed E-state index contributed by atoms with van der Waals surface area (Å²) in [4.78, 5) is 3.75. The molecule has 2 rings (SSSR count). The van der Waals surface area contributed by atoms with Crippen LogP contribution in [0.25, 0.3) is 0 Å². The third kappa shape index (κ3) is 3.72. The van der Waals surface area contributed by atoms with E-state index in [1.54, 1.807) is 11.3 Å². The van der Waals surface area contributed by atoms with Crippen LogP contribution in [0.1, 0.15) is 49.9 Å². The van der Waals surface area contributed by atoms with E-state index in [2.05, 4.69) is 37.3 Å². The maximum atomic E-state index is 6.01. The highest BCUT2D eigenvalue weighted by atomic mass is 35.5. The first-order valence-electron chi connectivity index (χ1n) is 7.19. The lowest BCUT2D eigenvalue weighted by atomic mass is 9.80. The number of hydrogen-bond donors (Lipinski definition) is 1. The minimum atomic E-state index is 0.341. The minimum Gasteiger partial charge on any atom is -0.308 e. The highest BCUT2D eigenvalue weighted by Crippen LogP contribution is 2.33. The van der Waals surface area contributed by atoms with E-state index in [1.807, 2.05) is 6.07 Å². The van der Waals surface area contributed by atoms with Crippen molar-refractivity contribution >= 4 is 22.9 Å². The molecular weight excluding hydrogens is 276 g/mol. The van der Waals surface area contributed by atoms with Crippen molar-refractivity contribution in [2.75, 3.05) is 20.6 Å². The lowest BCUT2D eigenvalue weighted by Crippen LogP contribution is -2.53. The van der Waals surface area contributed by atoms with E-state index in [4.69, 9.17) is 11.6 Å². The first kappa shape index (κ1) is 15.3. The van der Waals surface area contributed by atoms with Crippen LogP contribution in [-0.4, -0.2) is 31.1 Å². The van der Waals surface area contributed by atoms with Crippen LogP contribution in [0.15, 0.2) is 12.1 Å². The Morgan fingerprint density at radius 2 is 2.00 bits per heavy atom. The van der Waals surface area contributed by atoms with E-state index in [0.29, 0.717) is 11.6 Å². The topological polar surface area (TPSA) is 15.3 Å². The van der Waals surface area contributed by atoms with Crippen LogP contribution in [0.5, 0.6) is 0 Å². The van der Waals surface area contributed by atoms with E-state index in [-0.39, 0.29) is 0 Å². The first-order chi connectivity index (χ1) is 9.03. The molecule has 1 aromatic heterocycles. The number of hydrogen-bond acceptors (Lipinski definition) is 3. The van der Waals surface area contributed by atoms with Gasteiger partial charge in [0.25, 0.3) is 0 Å². The maximum absolute atomic E-state index is 6.01. The average Bonchev–Trinajstić information content (AvgIpc) is 2.83. The highest BCUT2D eigenvalue weighted by molar-refractivity contribution is 7.16. The number of halogens is 1. The molecule has 0 aliphatic heterocycles. The number of nitrogens with zero attached hydrogens (tertiary/aromatic N) is 1. The Morgan fingerprint density at radius 3 is 2.53 bits per heavy atom. The fourth-order valence-corrected chi connectivity index (χ4v) is 4.08. The summed E-state index contributed by atoms with van der Waals surface area (Å²) >= 11 is 7.69. The van der Waals surface area contributed by atoms with Crippen molar-refractivity contribution in [3.8, 4) is 0 Å². The molecule has 1 aromatic rings. The van der Waals surface area contributed by atoms with Gasteiger partial charge in [0, 0.05) is 23.0 Å². The maximum Gasteiger partial charge on any atom is 0.0931 e. The summed E-state index contributed by atoms with van der Waals surface area (Å²) in [5.41, 5.74) is 0.341. The van der Waals surface area contributed by atoms with Crippen LogP contribution >= 0.6 is 22.9 Å². The summed E-state index contributed by atoms with van der Waals surface area (Å²) in [5.74, 6) is 0. The zero-order valence-electron chi connectivity index (χ0n) is 12.2. The number of nitrogens with one attached hydrogen (secondary N) is 1. The smallest absolute Gasteiger partial charge is 0.0931 e. The van der Waals surface area contributed by atoms with E-state index in [0.717, 1.165) is 10.9 Å². The van der Waals surface area contributed by atoms with Gasteiger partial charge in [0.15, 0.2) is 0 Å². The standard InChI is InChI=1S/C15H25ClN2S/c1-12(13-7-8-14(16)19-13)17-11-15(18(2)3)9-5-4-6-10-15/h7-8,12,17H,4-6,9-11H2,1-3H3. The van der Waals surface area contributed by atoms with Crippen molar-refractivity contribution < 1.29 is 0 Å². The number of thiophene rings is 1. The molecule has 1 atom stereocenters. The van der Waals surface area contributed by atoms with Gasteiger partial charge >= 0.3 is 0 Å². The predicted octanol–water partition coefficient (Wildman–Crippen LogP) is 4.32. The fraction of sp³-hybridized carbons (Fsp3) is 0.733. The molecule has 4 heteroatoms. The molecule has 1 fully saturated rings. The van der Waals surface area contributed by atoms with Crippen LogP contribution < -0.4 is 5.32 Å². The molecule has 0 amide bonds. The van der Waals surface area contributed by atoms with Gasteiger partial charge in [-0.1, -0.05) is 30.9 Å². The van der Waals surface area contributed by atoms with E-state index in [9.17, 15) is 0 Å². The van der Waals surface area contributed by atoms with Gasteiger partial charge < -0.3 is 10.2 Å². The Labute approximate surface area is 126 Å². The quantitative estimate of drug-likeness (QED) is 0.871. The first-order valence-corrected chi connectivity index (χ1v) is 8.39. The van der Waals surface area contributed by atoms with Gasteiger partial charge in [-0.25, -0.2) is 0 Å². The lowest BCUT2D eigenvalue weighted by Gasteiger charge is -2.43. The molecular formula is C15H25ClN2S. The Morgan fingerprint density at radius 1 is 1.32 bits per heavy atom. The molecule has 0 radical (unpaired) electrons. The average molecular weight is 301 g/mol. The van der Waals surface area contributed by atoms with Crippen LogP contribution in [-0.2, 0) is 0 Å². The monoisotopic (exact) mass is 300 g/mol. The van der Waals surface area contributed by atoms with Gasteiger partial charge in [0.05, 0.1) is 4.34 Å². The van der Waals surface area contributed by atoms with E-state index in [1.165, 1.54) is 37.0 Å². The van der Waals surface area contributed by atoms with Gasteiger partial charge in [0.2, 0.25) is 0 Å². The second-order valence-corrected chi connectivity index (χ2v) is 7.67. The second kappa shape index (κ2) is 6.57.